The van der Waals surface area contributed by atoms with Gasteiger partial charge in [0.1, 0.15) is 5.82 Å². The molecule has 1 aliphatic rings. The van der Waals surface area contributed by atoms with Crippen molar-refractivity contribution in [3.8, 4) is 0 Å². The zero-order valence-corrected chi connectivity index (χ0v) is 19.3. The lowest BCUT2D eigenvalue weighted by molar-refractivity contribution is 0.0975. The van der Waals surface area contributed by atoms with Crippen molar-refractivity contribution in [2.24, 2.45) is 0 Å². The molecule has 0 spiro atoms. The molecule has 0 amide bonds. The number of hydrogen-bond acceptors (Lipinski definition) is 4. The Hall–Kier alpha value is -3.38. The van der Waals surface area contributed by atoms with E-state index >= 15 is 0 Å². The van der Waals surface area contributed by atoms with Crippen LogP contribution in [0.3, 0.4) is 0 Å². The van der Waals surface area contributed by atoms with Gasteiger partial charge in [-0.15, -0.1) is 0 Å². The van der Waals surface area contributed by atoms with E-state index < -0.39 is 0 Å². The maximum atomic E-state index is 13.4. The van der Waals surface area contributed by atoms with Gasteiger partial charge in [0.25, 0.3) is 5.56 Å². The summed E-state index contributed by atoms with van der Waals surface area (Å²) in [6, 6.07) is 13.8. The second-order valence-electron chi connectivity index (χ2n) is 9.24. The van der Waals surface area contributed by atoms with E-state index in [1.54, 1.807) is 29.1 Å². The van der Waals surface area contributed by atoms with Crippen molar-refractivity contribution in [3.63, 3.8) is 0 Å². The average molecular weight is 458 g/mol. The van der Waals surface area contributed by atoms with Gasteiger partial charge in [-0.2, -0.15) is 0 Å². The van der Waals surface area contributed by atoms with Crippen molar-refractivity contribution in [2.75, 3.05) is 19.6 Å². The minimum atomic E-state index is -0.286. The zero-order chi connectivity index (χ0) is 23.7. The van der Waals surface area contributed by atoms with Gasteiger partial charge in [0.15, 0.2) is 5.78 Å². The van der Waals surface area contributed by atoms with Crippen LogP contribution in [0.1, 0.15) is 48.0 Å². The summed E-state index contributed by atoms with van der Waals surface area (Å²) >= 11 is 0. The number of pyridine rings is 2. The third kappa shape index (κ3) is 4.38. The number of nitrogens with zero attached hydrogens (tertiary/aromatic N) is 3. The maximum absolute atomic E-state index is 13.4. The van der Waals surface area contributed by atoms with E-state index in [0.29, 0.717) is 23.9 Å². The Bertz CT molecular complexity index is 1410. The van der Waals surface area contributed by atoms with Crippen LogP contribution in [0.4, 0.5) is 4.39 Å². The van der Waals surface area contributed by atoms with Crippen molar-refractivity contribution in [2.45, 2.75) is 38.6 Å². The first-order chi connectivity index (χ1) is 16.5. The van der Waals surface area contributed by atoms with Crippen LogP contribution < -0.4 is 5.56 Å². The van der Waals surface area contributed by atoms with E-state index in [-0.39, 0.29) is 23.1 Å². The highest BCUT2D eigenvalue weighted by Gasteiger charge is 2.18. The largest absolute Gasteiger partial charge is 0.306 e. The summed E-state index contributed by atoms with van der Waals surface area (Å²) in [5.41, 5.74) is 2.23. The molecule has 0 bridgehead atoms. The van der Waals surface area contributed by atoms with Gasteiger partial charge in [-0.25, -0.2) is 4.39 Å². The van der Waals surface area contributed by atoms with Crippen LogP contribution in [-0.2, 0) is 6.54 Å². The molecule has 5 rings (SSSR count). The second kappa shape index (κ2) is 9.47. The van der Waals surface area contributed by atoms with E-state index in [1.165, 1.54) is 25.0 Å². The molecule has 6 heteroatoms. The number of hydrogen-bond donors (Lipinski definition) is 0. The second-order valence-corrected chi connectivity index (χ2v) is 9.24. The number of Topliss-reactive ketones (excluding diaryl/α,β-unsaturated/α-hetero) is 1. The zero-order valence-electron chi connectivity index (χ0n) is 19.3. The lowest BCUT2D eigenvalue weighted by Gasteiger charge is -2.18. The molecule has 2 aromatic carbocycles. The van der Waals surface area contributed by atoms with Gasteiger partial charge in [0.2, 0.25) is 0 Å². The van der Waals surface area contributed by atoms with Gasteiger partial charge in [0.05, 0.1) is 10.9 Å². The number of fused-ring (bicyclic) bond motifs is 3. The molecule has 0 aliphatic carbocycles. The van der Waals surface area contributed by atoms with Crippen molar-refractivity contribution < 1.29 is 9.18 Å². The molecule has 0 saturated carbocycles. The number of rotatable bonds is 7. The number of carbonyl (C=O) groups excluding carboxylic acids is 1. The quantitative estimate of drug-likeness (QED) is 0.284. The van der Waals surface area contributed by atoms with Crippen molar-refractivity contribution >= 4 is 27.5 Å². The lowest BCUT2D eigenvalue weighted by atomic mass is 9.92. The highest BCUT2D eigenvalue weighted by atomic mass is 19.1. The normalized spacial score (nSPS) is 15.2. The van der Waals surface area contributed by atoms with Gasteiger partial charge >= 0.3 is 0 Å². The number of carbonyl (C=O) groups is 1. The summed E-state index contributed by atoms with van der Waals surface area (Å²) in [5, 5.41) is 2.40. The van der Waals surface area contributed by atoms with Crippen LogP contribution in [0.25, 0.3) is 21.7 Å². The predicted octanol–water partition coefficient (Wildman–Crippen LogP) is 5.16. The van der Waals surface area contributed by atoms with E-state index in [9.17, 15) is 14.0 Å². The molecular weight excluding hydrogens is 429 g/mol. The average Bonchev–Trinajstić information content (AvgIpc) is 3.38. The molecule has 1 aliphatic heterocycles. The molecule has 0 N–H and O–H groups in total. The molecule has 2 aromatic heterocycles. The first-order valence-electron chi connectivity index (χ1n) is 11.9. The minimum absolute atomic E-state index is 0.00657. The molecule has 1 fully saturated rings. The maximum Gasteiger partial charge on any atom is 0.260 e. The number of aromatic nitrogens is 2. The van der Waals surface area contributed by atoms with E-state index in [4.69, 9.17) is 0 Å². The molecule has 4 aromatic rings. The molecule has 3 heterocycles. The van der Waals surface area contributed by atoms with E-state index in [2.05, 4.69) is 9.88 Å². The number of likely N-dealkylation sites (tertiary alicyclic amines) is 1. The van der Waals surface area contributed by atoms with E-state index in [1.807, 2.05) is 31.2 Å². The summed E-state index contributed by atoms with van der Waals surface area (Å²) < 4.78 is 15.1. The Kier molecular flexibility index (Phi) is 6.24. The van der Waals surface area contributed by atoms with Gasteiger partial charge in [-0.1, -0.05) is 31.2 Å². The van der Waals surface area contributed by atoms with Gasteiger partial charge in [-0.3, -0.25) is 14.6 Å². The molecule has 34 heavy (non-hydrogen) atoms. The monoisotopic (exact) mass is 457 g/mol. The van der Waals surface area contributed by atoms with Gasteiger partial charge in [0, 0.05) is 42.9 Å². The Morgan fingerprint density at radius 2 is 1.76 bits per heavy atom. The predicted molar refractivity (Wildman–Crippen MR) is 133 cm³/mol. The van der Waals surface area contributed by atoms with Crippen LogP contribution in [-0.4, -0.2) is 39.9 Å². The van der Waals surface area contributed by atoms with Gasteiger partial charge in [-0.05, 0) is 67.1 Å². The van der Waals surface area contributed by atoms with Crippen molar-refractivity contribution in [3.05, 3.63) is 88.2 Å². The Balaban J connectivity index is 1.51. The number of benzene rings is 2. The summed E-state index contributed by atoms with van der Waals surface area (Å²) in [6.07, 6.45) is 6.03. The Morgan fingerprint density at radius 3 is 2.53 bits per heavy atom. The number of halogens is 1. The molecular formula is C28H28FN3O2. The standard InChI is InChI=1S/C28H28FN3O2/c1-19(20-4-7-22(29)8-5-20)16-27(33)21-6-9-24-23-10-11-30-18-25(23)28(34)32(26(24)17-21)15-14-31-12-2-3-13-31/h4-11,17-19H,2-3,12-16H2,1H3/t19-/m0/s1. The van der Waals surface area contributed by atoms with Gasteiger partial charge < -0.3 is 9.47 Å². The van der Waals surface area contributed by atoms with Crippen LogP contribution in [0.5, 0.6) is 0 Å². The van der Waals surface area contributed by atoms with Crippen LogP contribution in [0, 0.1) is 5.82 Å². The molecule has 174 valence electrons. The Morgan fingerprint density at radius 1 is 1.00 bits per heavy atom. The third-order valence-corrected chi connectivity index (χ3v) is 6.97. The highest BCUT2D eigenvalue weighted by Crippen LogP contribution is 2.26. The minimum Gasteiger partial charge on any atom is -0.306 e. The molecule has 1 saturated heterocycles. The SMILES string of the molecule is C[C@@H](CC(=O)c1ccc2c3ccncc3c(=O)n(CCN3CCCC3)c2c1)c1ccc(F)cc1. The summed E-state index contributed by atoms with van der Waals surface area (Å²) in [7, 11) is 0. The molecule has 0 radical (unpaired) electrons. The lowest BCUT2D eigenvalue weighted by Crippen LogP contribution is -2.29. The fourth-order valence-electron chi connectivity index (χ4n) is 4.99. The number of ketones is 1. The fraction of sp³-hybridized carbons (Fsp3) is 0.321. The summed E-state index contributed by atoms with van der Waals surface area (Å²) in [5.74, 6) is -0.318. The summed E-state index contributed by atoms with van der Waals surface area (Å²) in [6.45, 7) is 5.47. The van der Waals surface area contributed by atoms with Crippen molar-refractivity contribution in [1.29, 1.82) is 0 Å². The van der Waals surface area contributed by atoms with E-state index in [0.717, 1.165) is 41.5 Å². The Labute approximate surface area is 197 Å². The molecule has 0 unspecified atom stereocenters. The smallest absolute Gasteiger partial charge is 0.260 e. The highest BCUT2D eigenvalue weighted by molar-refractivity contribution is 6.08. The molecule has 5 nitrogen and oxygen atoms in total. The summed E-state index contributed by atoms with van der Waals surface area (Å²) in [4.78, 5) is 33.1. The first kappa shape index (κ1) is 22.4. The molecule has 1 atom stereocenters. The topological polar surface area (TPSA) is 55.2 Å². The van der Waals surface area contributed by atoms with Crippen molar-refractivity contribution in [1.82, 2.24) is 14.5 Å². The van der Waals surface area contributed by atoms with Crippen LogP contribution >= 0.6 is 0 Å². The van der Waals surface area contributed by atoms with Crippen LogP contribution in [0.15, 0.2) is 65.7 Å². The third-order valence-electron chi connectivity index (χ3n) is 6.97. The fourth-order valence-corrected chi connectivity index (χ4v) is 4.99. The van der Waals surface area contributed by atoms with Crippen LogP contribution in [0.2, 0.25) is 0 Å². The first-order valence-corrected chi connectivity index (χ1v) is 11.9.